The maximum atomic E-state index is 12.6. The predicted octanol–water partition coefficient (Wildman–Crippen LogP) is 4.20. The third kappa shape index (κ3) is 3.83. The fraction of sp³-hybridized carbons (Fsp3) is 0.192. The Bertz CT molecular complexity index is 1380. The summed E-state index contributed by atoms with van der Waals surface area (Å²) in [4.78, 5) is 40.4. The minimum absolute atomic E-state index is 0.0872. The molecule has 4 aromatic rings. The van der Waals surface area contributed by atoms with Gasteiger partial charge in [0.05, 0.1) is 23.4 Å². The minimum atomic E-state index is -0.234. The van der Waals surface area contributed by atoms with E-state index in [2.05, 4.69) is 26.3 Å². The van der Waals surface area contributed by atoms with Gasteiger partial charge in [-0.25, -0.2) is 9.97 Å². The van der Waals surface area contributed by atoms with E-state index in [0.29, 0.717) is 17.9 Å². The second kappa shape index (κ2) is 8.90. The molecular formula is C26H24N6O2. The summed E-state index contributed by atoms with van der Waals surface area (Å²) in [6.07, 6.45) is 8.32. The zero-order valence-electron chi connectivity index (χ0n) is 18.8. The molecule has 0 spiro atoms. The van der Waals surface area contributed by atoms with Crippen molar-refractivity contribution in [1.29, 1.82) is 0 Å². The highest BCUT2D eigenvalue weighted by Crippen LogP contribution is 2.35. The normalized spacial score (nSPS) is 15.4. The second-order valence-electron chi connectivity index (χ2n) is 8.23. The maximum Gasteiger partial charge on any atom is 0.256 e. The minimum Gasteiger partial charge on any atom is -0.329 e. The highest BCUT2D eigenvalue weighted by Gasteiger charge is 2.33. The largest absolute Gasteiger partial charge is 0.329 e. The summed E-state index contributed by atoms with van der Waals surface area (Å²) < 4.78 is 2.07. The van der Waals surface area contributed by atoms with E-state index in [1.807, 2.05) is 30.0 Å². The van der Waals surface area contributed by atoms with Crippen LogP contribution < -0.4 is 5.32 Å². The number of carbonyl (C=O) groups excluding carboxylic acids is 2. The number of rotatable bonds is 5. The van der Waals surface area contributed by atoms with Gasteiger partial charge in [0, 0.05) is 35.8 Å². The van der Waals surface area contributed by atoms with Crippen LogP contribution in [0, 0.1) is 6.92 Å². The standard InChI is InChI=1S/C26H24N6O2/c1-3-23(33)31-14-6-7-20(31)25-30-24(21-16-27-15-17(2)32(21)25)18-9-11-19(12-10-18)26(34)29-22-8-4-5-13-28-22/h3-5,8-13,15-16,20H,1,6-7,14H2,2H3,(H,28,29,34). The van der Waals surface area contributed by atoms with Crippen molar-refractivity contribution in [2.45, 2.75) is 25.8 Å². The number of pyridine rings is 1. The summed E-state index contributed by atoms with van der Waals surface area (Å²) >= 11 is 0. The van der Waals surface area contributed by atoms with Gasteiger partial charge in [-0.3, -0.25) is 19.0 Å². The molecule has 5 rings (SSSR count). The lowest BCUT2D eigenvalue weighted by Gasteiger charge is -2.22. The third-order valence-electron chi connectivity index (χ3n) is 6.09. The van der Waals surface area contributed by atoms with Crippen molar-refractivity contribution >= 4 is 23.1 Å². The number of likely N-dealkylation sites (tertiary alicyclic amines) is 1. The number of anilines is 1. The molecule has 8 heteroatoms. The average molecular weight is 453 g/mol. The van der Waals surface area contributed by atoms with Gasteiger partial charge in [0.1, 0.15) is 11.6 Å². The molecule has 1 N–H and O–H groups in total. The van der Waals surface area contributed by atoms with Crippen LogP contribution >= 0.6 is 0 Å². The maximum absolute atomic E-state index is 12.6. The molecule has 1 atom stereocenters. The van der Waals surface area contributed by atoms with E-state index in [9.17, 15) is 9.59 Å². The summed E-state index contributed by atoms with van der Waals surface area (Å²) in [6.45, 7) is 6.32. The number of hydrogen-bond donors (Lipinski definition) is 1. The van der Waals surface area contributed by atoms with Crippen molar-refractivity contribution in [1.82, 2.24) is 24.3 Å². The van der Waals surface area contributed by atoms with Crippen LogP contribution in [-0.4, -0.2) is 42.6 Å². The molecule has 3 aromatic heterocycles. The van der Waals surface area contributed by atoms with Gasteiger partial charge in [-0.2, -0.15) is 0 Å². The molecule has 170 valence electrons. The Morgan fingerprint density at radius 3 is 2.71 bits per heavy atom. The average Bonchev–Trinajstić information content (AvgIpc) is 3.50. The van der Waals surface area contributed by atoms with Gasteiger partial charge in [-0.05, 0) is 50.1 Å². The van der Waals surface area contributed by atoms with E-state index in [-0.39, 0.29) is 17.9 Å². The molecule has 0 radical (unpaired) electrons. The molecule has 1 unspecified atom stereocenters. The number of nitrogens with zero attached hydrogens (tertiary/aromatic N) is 5. The molecule has 1 aliphatic heterocycles. The van der Waals surface area contributed by atoms with Crippen molar-refractivity contribution in [3.8, 4) is 11.3 Å². The van der Waals surface area contributed by atoms with Crippen LogP contribution in [0.25, 0.3) is 16.8 Å². The molecule has 1 aliphatic rings. The second-order valence-corrected chi connectivity index (χ2v) is 8.23. The number of aryl methyl sites for hydroxylation is 1. The number of benzene rings is 1. The van der Waals surface area contributed by atoms with Crippen LogP contribution in [0.15, 0.2) is 73.7 Å². The summed E-state index contributed by atoms with van der Waals surface area (Å²) in [5, 5.41) is 2.79. The van der Waals surface area contributed by atoms with Crippen molar-refractivity contribution in [3.63, 3.8) is 0 Å². The quantitative estimate of drug-likeness (QED) is 0.458. The molecule has 8 nitrogen and oxygen atoms in total. The van der Waals surface area contributed by atoms with Gasteiger partial charge >= 0.3 is 0 Å². The molecule has 1 aromatic carbocycles. The first-order valence-corrected chi connectivity index (χ1v) is 11.2. The van der Waals surface area contributed by atoms with Crippen LogP contribution in [0.2, 0.25) is 0 Å². The number of fused-ring (bicyclic) bond motifs is 1. The first-order chi connectivity index (χ1) is 16.6. The Morgan fingerprint density at radius 1 is 1.15 bits per heavy atom. The van der Waals surface area contributed by atoms with Gasteiger partial charge in [0.15, 0.2) is 0 Å². The molecule has 4 heterocycles. The molecule has 1 saturated heterocycles. The molecule has 0 saturated carbocycles. The highest BCUT2D eigenvalue weighted by atomic mass is 16.2. The van der Waals surface area contributed by atoms with Crippen LogP contribution in [0.3, 0.4) is 0 Å². The van der Waals surface area contributed by atoms with E-state index in [1.54, 1.807) is 42.9 Å². The Hall–Kier alpha value is -4.33. The number of amides is 2. The van der Waals surface area contributed by atoms with E-state index >= 15 is 0 Å². The number of imidazole rings is 1. The molecule has 34 heavy (non-hydrogen) atoms. The number of nitrogens with one attached hydrogen (secondary N) is 1. The van der Waals surface area contributed by atoms with Crippen LogP contribution in [0.4, 0.5) is 5.82 Å². The van der Waals surface area contributed by atoms with E-state index < -0.39 is 0 Å². The first-order valence-electron chi connectivity index (χ1n) is 11.2. The zero-order chi connectivity index (χ0) is 23.7. The molecule has 0 bridgehead atoms. The Kier molecular flexibility index (Phi) is 5.63. The van der Waals surface area contributed by atoms with Gasteiger partial charge in [0.25, 0.3) is 5.91 Å². The Labute approximate surface area is 197 Å². The monoisotopic (exact) mass is 452 g/mol. The van der Waals surface area contributed by atoms with Crippen molar-refractivity contribution in [2.24, 2.45) is 0 Å². The van der Waals surface area contributed by atoms with Crippen molar-refractivity contribution < 1.29 is 9.59 Å². The lowest BCUT2D eigenvalue weighted by atomic mass is 10.1. The Balaban J connectivity index is 1.51. The summed E-state index contributed by atoms with van der Waals surface area (Å²) in [6, 6.07) is 12.5. The molecular weight excluding hydrogens is 428 g/mol. The van der Waals surface area contributed by atoms with Crippen LogP contribution in [-0.2, 0) is 4.79 Å². The number of aromatic nitrogens is 4. The zero-order valence-corrected chi connectivity index (χ0v) is 18.8. The van der Waals surface area contributed by atoms with E-state index in [1.165, 1.54) is 6.08 Å². The van der Waals surface area contributed by atoms with E-state index in [0.717, 1.165) is 41.1 Å². The van der Waals surface area contributed by atoms with Gasteiger partial charge < -0.3 is 10.2 Å². The van der Waals surface area contributed by atoms with Gasteiger partial charge in [0.2, 0.25) is 5.91 Å². The summed E-state index contributed by atoms with van der Waals surface area (Å²) in [7, 11) is 0. The van der Waals surface area contributed by atoms with Crippen LogP contribution in [0.5, 0.6) is 0 Å². The topological polar surface area (TPSA) is 92.5 Å². The smallest absolute Gasteiger partial charge is 0.256 e. The summed E-state index contributed by atoms with van der Waals surface area (Å²) in [5.74, 6) is 0.992. The molecule has 1 fully saturated rings. The van der Waals surface area contributed by atoms with Gasteiger partial charge in [-0.15, -0.1) is 0 Å². The predicted molar refractivity (Wildman–Crippen MR) is 129 cm³/mol. The van der Waals surface area contributed by atoms with Crippen molar-refractivity contribution in [2.75, 3.05) is 11.9 Å². The lowest BCUT2D eigenvalue weighted by Crippen LogP contribution is -2.30. The molecule has 2 amide bonds. The third-order valence-corrected chi connectivity index (χ3v) is 6.09. The summed E-state index contributed by atoms with van der Waals surface area (Å²) in [5.41, 5.74) is 3.95. The number of carbonyl (C=O) groups is 2. The highest BCUT2D eigenvalue weighted by molar-refractivity contribution is 6.04. The van der Waals surface area contributed by atoms with Crippen molar-refractivity contribution in [3.05, 3.63) is 90.8 Å². The lowest BCUT2D eigenvalue weighted by molar-refractivity contribution is -0.127. The number of hydrogen-bond acceptors (Lipinski definition) is 5. The van der Waals surface area contributed by atoms with E-state index in [4.69, 9.17) is 4.98 Å². The SMILES string of the molecule is C=CC(=O)N1CCCC1c1nc(-c2ccc(C(=O)Nc3ccccn3)cc2)c2cncc(C)n12. The fourth-order valence-electron chi connectivity index (χ4n) is 4.47. The fourth-order valence-corrected chi connectivity index (χ4v) is 4.47. The Morgan fingerprint density at radius 2 is 1.97 bits per heavy atom. The van der Waals surface area contributed by atoms with Crippen LogP contribution in [0.1, 0.15) is 40.8 Å². The van der Waals surface area contributed by atoms with Gasteiger partial charge in [-0.1, -0.05) is 24.8 Å². The first kappa shape index (κ1) is 21.5. The molecule has 0 aliphatic carbocycles.